The average Bonchev–Trinajstić information content (AvgIpc) is 3.06. The van der Waals surface area contributed by atoms with Crippen LogP contribution >= 0.6 is 0 Å². The monoisotopic (exact) mass is 411 g/mol. The van der Waals surface area contributed by atoms with E-state index in [9.17, 15) is 9.59 Å². The third-order valence-corrected chi connectivity index (χ3v) is 4.45. The fourth-order valence-corrected chi connectivity index (χ4v) is 2.78. The Morgan fingerprint density at radius 1 is 1.27 bits per heavy atom. The number of fused-ring (bicyclic) bond motifs is 1. The number of rotatable bonds is 6. The van der Waals surface area contributed by atoms with Crippen LogP contribution in [0, 0.1) is 13.8 Å². The number of aryl methyl sites for hydroxylation is 2. The normalized spacial score (nSPS) is 10.5. The van der Waals surface area contributed by atoms with Crippen LogP contribution in [0.3, 0.4) is 0 Å². The number of aromatic nitrogens is 3. The van der Waals surface area contributed by atoms with E-state index in [1.807, 2.05) is 45.1 Å². The second-order valence-electron chi connectivity index (χ2n) is 7.09. The second-order valence-corrected chi connectivity index (χ2v) is 7.09. The molecule has 2 heterocycles. The van der Waals surface area contributed by atoms with Crippen molar-refractivity contribution < 1.29 is 14.3 Å². The maximum Gasteiger partial charge on any atom is 0.251 e. The zero-order valence-electron chi connectivity index (χ0n) is 18.3. The van der Waals surface area contributed by atoms with Gasteiger partial charge >= 0.3 is 0 Å². The minimum absolute atomic E-state index is 0.0594. The van der Waals surface area contributed by atoms with E-state index in [0.717, 1.165) is 35.4 Å². The summed E-state index contributed by atoms with van der Waals surface area (Å²) in [5.41, 5.74) is 4.41. The van der Waals surface area contributed by atoms with E-state index in [-0.39, 0.29) is 11.9 Å². The first-order valence-corrected chi connectivity index (χ1v) is 9.78. The molecule has 0 radical (unpaired) electrons. The number of aldehydes is 1. The van der Waals surface area contributed by atoms with Gasteiger partial charge in [-0.2, -0.15) is 5.10 Å². The van der Waals surface area contributed by atoms with Gasteiger partial charge in [0.2, 0.25) is 5.95 Å². The predicted octanol–water partition coefficient (Wildman–Crippen LogP) is 3.69. The molecule has 3 aromatic rings. The zero-order valence-corrected chi connectivity index (χ0v) is 18.3. The molecule has 0 saturated carbocycles. The van der Waals surface area contributed by atoms with Crippen LogP contribution in [0.2, 0.25) is 0 Å². The molecule has 1 amide bonds. The molecule has 0 fully saturated rings. The van der Waals surface area contributed by atoms with Crippen LogP contribution in [0.4, 0.5) is 11.6 Å². The van der Waals surface area contributed by atoms with Crippen LogP contribution in [-0.4, -0.2) is 46.5 Å². The average molecular weight is 412 g/mol. The second kappa shape index (κ2) is 10.5. The van der Waals surface area contributed by atoms with Gasteiger partial charge in [-0.1, -0.05) is 6.07 Å². The topological polar surface area (TPSA) is 97.6 Å². The highest BCUT2D eigenvalue weighted by Crippen LogP contribution is 2.24. The molecule has 0 atom stereocenters. The minimum atomic E-state index is -0.132. The number of nitrogens with one attached hydrogen (secondary N) is 2. The number of anilines is 2. The molecule has 30 heavy (non-hydrogen) atoms. The Morgan fingerprint density at radius 3 is 2.57 bits per heavy atom. The lowest BCUT2D eigenvalue weighted by Gasteiger charge is -2.14. The number of hydrogen-bond acceptors (Lipinski definition) is 6. The van der Waals surface area contributed by atoms with Crippen molar-refractivity contribution in [3.8, 4) is 0 Å². The Labute approximate surface area is 176 Å². The largest absolute Gasteiger partial charge is 0.385 e. The molecule has 8 heteroatoms. The fraction of sp³-hybridized carbons (Fsp3) is 0.364. The highest BCUT2D eigenvalue weighted by Gasteiger charge is 2.13. The Balaban J connectivity index is 0.000000735. The van der Waals surface area contributed by atoms with E-state index < -0.39 is 0 Å². The molecule has 2 N–H and O–H groups in total. The fourth-order valence-electron chi connectivity index (χ4n) is 2.78. The lowest BCUT2D eigenvalue weighted by atomic mass is 10.1. The Morgan fingerprint density at radius 2 is 1.97 bits per heavy atom. The summed E-state index contributed by atoms with van der Waals surface area (Å²) < 4.78 is 6.37. The minimum Gasteiger partial charge on any atom is -0.385 e. The number of carbonyl (C=O) groups excluding carboxylic acids is 2. The number of benzene rings is 1. The number of hydrogen-bond donors (Lipinski definition) is 2. The van der Waals surface area contributed by atoms with E-state index in [1.165, 1.54) is 0 Å². The van der Waals surface area contributed by atoms with E-state index in [0.29, 0.717) is 17.1 Å². The van der Waals surface area contributed by atoms with Crippen molar-refractivity contribution in [3.63, 3.8) is 0 Å². The van der Waals surface area contributed by atoms with Gasteiger partial charge < -0.3 is 15.4 Å². The van der Waals surface area contributed by atoms with Gasteiger partial charge in [-0.05, 0) is 58.4 Å². The first-order valence-electron chi connectivity index (χ1n) is 9.78. The molecule has 0 aliphatic rings. The summed E-state index contributed by atoms with van der Waals surface area (Å²) in [5, 5.41) is 14.3. The molecule has 160 valence electrons. The molecule has 0 saturated heterocycles. The van der Waals surface area contributed by atoms with Crippen molar-refractivity contribution in [2.24, 2.45) is 0 Å². The molecular weight excluding hydrogens is 382 g/mol. The van der Waals surface area contributed by atoms with Gasteiger partial charge in [0, 0.05) is 42.3 Å². The molecule has 8 nitrogen and oxygen atoms in total. The Kier molecular flexibility index (Phi) is 8.06. The van der Waals surface area contributed by atoms with Crippen LogP contribution in [0.5, 0.6) is 0 Å². The molecule has 0 bridgehead atoms. The summed E-state index contributed by atoms with van der Waals surface area (Å²) in [4.78, 5) is 23.5. The van der Waals surface area contributed by atoms with Crippen LogP contribution in [0.25, 0.3) is 5.52 Å². The van der Waals surface area contributed by atoms with Crippen molar-refractivity contribution in [1.29, 1.82) is 0 Å². The summed E-state index contributed by atoms with van der Waals surface area (Å²) in [6, 6.07) is 7.28. The van der Waals surface area contributed by atoms with E-state index in [4.69, 9.17) is 0 Å². The molecular formula is C22H29N5O3. The van der Waals surface area contributed by atoms with Crippen LogP contribution < -0.4 is 10.6 Å². The molecule has 2 aromatic heterocycles. The first kappa shape index (κ1) is 23.0. The standard InChI is InChI=1S/C19H21N5O2.C3H8O/c1-11(2)21-18(26)14-6-5-12(3)17(8-14)22-19-23-20-9-16-7-15(10-25)13(4)24(16)19;1-3-4-2/h5-11H,1-4H3,(H,21,26)(H,22,23);3H2,1-2H3. The number of amides is 1. The van der Waals surface area contributed by atoms with Gasteiger partial charge in [0.1, 0.15) is 0 Å². The zero-order chi connectivity index (χ0) is 22.3. The van der Waals surface area contributed by atoms with Crippen molar-refractivity contribution in [2.45, 2.75) is 40.7 Å². The van der Waals surface area contributed by atoms with Gasteiger partial charge in [-0.15, -0.1) is 5.10 Å². The lowest BCUT2D eigenvalue weighted by Crippen LogP contribution is -2.30. The van der Waals surface area contributed by atoms with Crippen molar-refractivity contribution >= 4 is 29.3 Å². The predicted molar refractivity (Wildman–Crippen MR) is 118 cm³/mol. The van der Waals surface area contributed by atoms with E-state index in [2.05, 4.69) is 25.6 Å². The summed E-state index contributed by atoms with van der Waals surface area (Å²) in [5.74, 6) is 0.352. The number of ether oxygens (including phenoxy) is 1. The Hall–Kier alpha value is -3.26. The molecule has 0 aliphatic carbocycles. The van der Waals surface area contributed by atoms with Crippen LogP contribution in [-0.2, 0) is 4.74 Å². The summed E-state index contributed by atoms with van der Waals surface area (Å²) in [7, 11) is 1.68. The highest BCUT2D eigenvalue weighted by molar-refractivity contribution is 5.95. The summed E-state index contributed by atoms with van der Waals surface area (Å²) >= 11 is 0. The lowest BCUT2D eigenvalue weighted by molar-refractivity contribution is 0.0943. The molecule has 0 aliphatic heterocycles. The van der Waals surface area contributed by atoms with Crippen LogP contribution in [0.15, 0.2) is 30.5 Å². The maximum atomic E-state index is 12.3. The van der Waals surface area contributed by atoms with E-state index in [1.54, 1.807) is 31.5 Å². The van der Waals surface area contributed by atoms with Crippen molar-refractivity contribution in [3.05, 3.63) is 52.8 Å². The first-order chi connectivity index (χ1) is 14.3. The van der Waals surface area contributed by atoms with E-state index >= 15 is 0 Å². The number of nitrogens with zero attached hydrogens (tertiary/aromatic N) is 3. The Bertz CT molecular complexity index is 1030. The molecule has 0 spiro atoms. The van der Waals surface area contributed by atoms with Gasteiger partial charge in [0.05, 0.1) is 11.7 Å². The van der Waals surface area contributed by atoms with Crippen molar-refractivity contribution in [2.75, 3.05) is 19.0 Å². The number of methoxy groups -OCH3 is 1. The third-order valence-electron chi connectivity index (χ3n) is 4.45. The van der Waals surface area contributed by atoms with Crippen LogP contribution in [0.1, 0.15) is 52.7 Å². The number of carbonyl (C=O) groups is 2. The maximum absolute atomic E-state index is 12.3. The molecule has 0 unspecified atom stereocenters. The summed E-state index contributed by atoms with van der Waals surface area (Å²) in [6.07, 6.45) is 2.42. The quantitative estimate of drug-likeness (QED) is 0.601. The van der Waals surface area contributed by atoms with Gasteiger partial charge in [-0.25, -0.2) is 0 Å². The smallest absolute Gasteiger partial charge is 0.251 e. The van der Waals surface area contributed by atoms with Gasteiger partial charge in [0.25, 0.3) is 5.91 Å². The SMILES string of the molecule is CCOC.Cc1ccc(C(=O)NC(C)C)cc1Nc1nncc2cc(C=O)c(C)n12. The molecule has 3 rings (SSSR count). The van der Waals surface area contributed by atoms with Gasteiger partial charge in [0.15, 0.2) is 6.29 Å². The van der Waals surface area contributed by atoms with Gasteiger partial charge in [-0.3, -0.25) is 14.0 Å². The molecule has 1 aromatic carbocycles. The highest BCUT2D eigenvalue weighted by atomic mass is 16.5. The third kappa shape index (κ3) is 5.42. The summed E-state index contributed by atoms with van der Waals surface area (Å²) in [6.45, 7) is 10.4. The van der Waals surface area contributed by atoms with Crippen molar-refractivity contribution in [1.82, 2.24) is 19.9 Å².